The number of pyridine rings is 1. The molecular weight excluding hydrogens is 237 g/mol. The Morgan fingerprint density at radius 3 is 2.82 bits per heavy atom. The number of nitrogens with zero attached hydrogens (tertiary/aromatic N) is 2. The molecule has 0 bridgehead atoms. The third kappa shape index (κ3) is 2.29. The molecule has 2 N–H and O–H groups in total. The Kier molecular flexibility index (Phi) is 3.11. The van der Waals surface area contributed by atoms with Crippen molar-refractivity contribution in [3.8, 4) is 0 Å². The van der Waals surface area contributed by atoms with Crippen molar-refractivity contribution in [2.45, 2.75) is 26.2 Å². The van der Waals surface area contributed by atoms with Gasteiger partial charge in [0.1, 0.15) is 11.5 Å². The highest BCUT2D eigenvalue weighted by Gasteiger charge is 2.15. The molecule has 2 aromatic rings. The van der Waals surface area contributed by atoms with Crippen LogP contribution in [0.5, 0.6) is 0 Å². The molecule has 0 unspecified atom stereocenters. The maximum Gasteiger partial charge on any atom is 0.139 e. The molecule has 0 amide bonds. The highest BCUT2D eigenvalue weighted by atomic mass is 32.1. The molecule has 0 aliphatic carbocycles. The summed E-state index contributed by atoms with van der Waals surface area (Å²) < 4.78 is 15.0. The van der Waals surface area contributed by atoms with E-state index in [1.165, 1.54) is 12.3 Å². The second-order valence-electron chi connectivity index (χ2n) is 4.32. The van der Waals surface area contributed by atoms with Crippen LogP contribution in [0, 0.1) is 5.82 Å². The quantitative estimate of drug-likeness (QED) is 0.852. The van der Waals surface area contributed by atoms with Gasteiger partial charge in [0.2, 0.25) is 0 Å². The zero-order chi connectivity index (χ0) is 12.6. The second-order valence-corrected chi connectivity index (χ2v) is 4.84. The molecule has 0 aromatic carbocycles. The molecule has 0 radical (unpaired) electrons. The summed E-state index contributed by atoms with van der Waals surface area (Å²) in [6.07, 6.45) is 1.86. The van der Waals surface area contributed by atoms with Crippen LogP contribution >= 0.6 is 12.2 Å². The van der Waals surface area contributed by atoms with Gasteiger partial charge in [-0.3, -0.25) is 0 Å². The van der Waals surface area contributed by atoms with Crippen molar-refractivity contribution in [2.24, 2.45) is 5.73 Å². The number of thiocarbonyl (C=S) groups is 1. The molecule has 0 fully saturated rings. The highest BCUT2D eigenvalue weighted by molar-refractivity contribution is 7.80. The standard InChI is InChI=1S/C12H14FN3S/c1-7(2)12-9(5-10(14)17)16-6-8(13)3-4-11(16)15-12/h3-4,6-7H,5H2,1-2H3,(H2,14,17). The zero-order valence-electron chi connectivity index (χ0n) is 9.77. The molecular formula is C12H14FN3S. The Balaban J connectivity index is 2.68. The summed E-state index contributed by atoms with van der Waals surface area (Å²) in [7, 11) is 0. The summed E-state index contributed by atoms with van der Waals surface area (Å²) in [5, 5.41) is 0. The molecule has 5 heteroatoms. The molecule has 2 heterocycles. The molecule has 0 saturated heterocycles. The van der Waals surface area contributed by atoms with Gasteiger partial charge in [-0.2, -0.15) is 0 Å². The molecule has 0 aliphatic rings. The third-order valence-corrected chi connectivity index (χ3v) is 2.75. The van der Waals surface area contributed by atoms with Crippen LogP contribution in [-0.2, 0) is 6.42 Å². The predicted octanol–water partition coefficient (Wildman–Crippen LogP) is 2.43. The van der Waals surface area contributed by atoms with Gasteiger partial charge in [-0.15, -0.1) is 0 Å². The third-order valence-electron chi connectivity index (χ3n) is 2.60. The number of halogens is 1. The van der Waals surface area contributed by atoms with Gasteiger partial charge in [-0.05, 0) is 18.1 Å². The van der Waals surface area contributed by atoms with Crippen LogP contribution in [0.15, 0.2) is 18.3 Å². The number of hydrogen-bond donors (Lipinski definition) is 1. The Morgan fingerprint density at radius 2 is 2.24 bits per heavy atom. The van der Waals surface area contributed by atoms with E-state index >= 15 is 0 Å². The van der Waals surface area contributed by atoms with Gasteiger partial charge in [0.15, 0.2) is 0 Å². The van der Waals surface area contributed by atoms with Gasteiger partial charge in [0.25, 0.3) is 0 Å². The first-order valence-electron chi connectivity index (χ1n) is 5.43. The molecule has 0 aliphatic heterocycles. The zero-order valence-corrected chi connectivity index (χ0v) is 10.6. The van der Waals surface area contributed by atoms with Gasteiger partial charge in [0, 0.05) is 12.6 Å². The molecule has 17 heavy (non-hydrogen) atoms. The summed E-state index contributed by atoms with van der Waals surface area (Å²) in [5.41, 5.74) is 8.10. The second kappa shape index (κ2) is 4.41. The first-order valence-corrected chi connectivity index (χ1v) is 5.84. The van der Waals surface area contributed by atoms with E-state index in [0.29, 0.717) is 11.4 Å². The molecule has 2 rings (SSSR count). The van der Waals surface area contributed by atoms with Gasteiger partial charge < -0.3 is 10.1 Å². The highest BCUT2D eigenvalue weighted by Crippen LogP contribution is 2.21. The Labute approximate surface area is 104 Å². The fourth-order valence-electron chi connectivity index (χ4n) is 1.89. The van der Waals surface area contributed by atoms with Crippen LogP contribution in [0.1, 0.15) is 31.2 Å². The fourth-order valence-corrected chi connectivity index (χ4v) is 2.03. The summed E-state index contributed by atoms with van der Waals surface area (Å²) in [6.45, 7) is 4.09. The number of fused-ring (bicyclic) bond motifs is 1. The fraction of sp³-hybridized carbons (Fsp3) is 0.333. The molecule has 0 saturated carbocycles. The minimum absolute atomic E-state index is 0.252. The summed E-state index contributed by atoms with van der Waals surface area (Å²) >= 11 is 4.93. The average Bonchev–Trinajstić information content (AvgIpc) is 2.56. The van der Waals surface area contributed by atoms with Crippen LogP contribution in [0.4, 0.5) is 4.39 Å². The van der Waals surface area contributed by atoms with Crippen LogP contribution < -0.4 is 5.73 Å². The van der Waals surface area contributed by atoms with E-state index in [2.05, 4.69) is 4.98 Å². The van der Waals surface area contributed by atoms with E-state index in [4.69, 9.17) is 18.0 Å². The number of nitrogens with two attached hydrogens (primary N) is 1. The van der Waals surface area contributed by atoms with E-state index in [-0.39, 0.29) is 11.7 Å². The largest absolute Gasteiger partial charge is 0.393 e. The summed E-state index contributed by atoms with van der Waals surface area (Å²) in [5.74, 6) is -0.0447. The average molecular weight is 251 g/mol. The smallest absolute Gasteiger partial charge is 0.139 e. The van der Waals surface area contributed by atoms with E-state index < -0.39 is 0 Å². The van der Waals surface area contributed by atoms with Crippen molar-refractivity contribution < 1.29 is 4.39 Å². The van der Waals surface area contributed by atoms with Gasteiger partial charge >= 0.3 is 0 Å². The minimum Gasteiger partial charge on any atom is -0.393 e. The molecule has 2 aromatic heterocycles. The van der Waals surface area contributed by atoms with Gasteiger partial charge in [0.05, 0.1) is 16.4 Å². The molecule has 0 atom stereocenters. The lowest BCUT2D eigenvalue weighted by atomic mass is 10.1. The normalized spacial score (nSPS) is 11.3. The first kappa shape index (κ1) is 12.0. The van der Waals surface area contributed by atoms with E-state index in [0.717, 1.165) is 17.0 Å². The summed E-state index contributed by atoms with van der Waals surface area (Å²) in [6, 6.07) is 3.06. The van der Waals surface area contributed by atoms with Crippen molar-refractivity contribution in [1.29, 1.82) is 0 Å². The lowest BCUT2D eigenvalue weighted by Crippen LogP contribution is -2.14. The summed E-state index contributed by atoms with van der Waals surface area (Å²) in [4.78, 5) is 4.87. The Morgan fingerprint density at radius 1 is 1.53 bits per heavy atom. The number of hydrogen-bond acceptors (Lipinski definition) is 2. The van der Waals surface area contributed by atoms with Gasteiger partial charge in [-0.1, -0.05) is 26.1 Å². The molecule has 3 nitrogen and oxygen atoms in total. The Hall–Kier alpha value is -1.49. The molecule has 90 valence electrons. The lowest BCUT2D eigenvalue weighted by molar-refractivity contribution is 0.618. The molecule has 0 spiro atoms. The maximum atomic E-state index is 13.3. The lowest BCUT2D eigenvalue weighted by Gasteiger charge is -2.06. The predicted molar refractivity (Wildman–Crippen MR) is 69.7 cm³/mol. The van der Waals surface area contributed by atoms with E-state index in [1.807, 2.05) is 13.8 Å². The van der Waals surface area contributed by atoms with Crippen LogP contribution in [0.3, 0.4) is 0 Å². The SMILES string of the molecule is CC(C)c1nc2ccc(F)cn2c1CC(N)=S. The van der Waals surface area contributed by atoms with Crippen molar-refractivity contribution in [1.82, 2.24) is 9.38 Å². The Bertz CT molecular complexity index is 574. The van der Waals surface area contributed by atoms with Crippen molar-refractivity contribution in [3.05, 3.63) is 35.5 Å². The minimum atomic E-state index is -0.297. The number of aromatic nitrogens is 2. The van der Waals surface area contributed by atoms with Gasteiger partial charge in [-0.25, -0.2) is 9.37 Å². The van der Waals surface area contributed by atoms with E-state index in [9.17, 15) is 4.39 Å². The monoisotopic (exact) mass is 251 g/mol. The van der Waals surface area contributed by atoms with Crippen LogP contribution in [0.25, 0.3) is 5.65 Å². The van der Waals surface area contributed by atoms with Crippen molar-refractivity contribution in [3.63, 3.8) is 0 Å². The number of rotatable bonds is 3. The van der Waals surface area contributed by atoms with Crippen LogP contribution in [0.2, 0.25) is 0 Å². The number of imidazole rings is 1. The maximum absolute atomic E-state index is 13.3. The van der Waals surface area contributed by atoms with Crippen molar-refractivity contribution >= 4 is 22.9 Å². The van der Waals surface area contributed by atoms with Crippen LogP contribution in [-0.4, -0.2) is 14.4 Å². The van der Waals surface area contributed by atoms with E-state index in [1.54, 1.807) is 10.5 Å². The van der Waals surface area contributed by atoms with Crippen molar-refractivity contribution in [2.75, 3.05) is 0 Å². The first-order chi connectivity index (χ1) is 7.99. The topological polar surface area (TPSA) is 43.3 Å².